The van der Waals surface area contributed by atoms with Crippen molar-refractivity contribution in [2.24, 2.45) is 0 Å². The second kappa shape index (κ2) is 10.9. The minimum absolute atomic E-state index is 0.131. The number of carbonyl (C=O) groups excluding carboxylic acids is 1. The summed E-state index contributed by atoms with van der Waals surface area (Å²) in [6.45, 7) is 1.97. The summed E-state index contributed by atoms with van der Waals surface area (Å²) in [6.07, 6.45) is -12.5. The highest BCUT2D eigenvalue weighted by molar-refractivity contribution is 5.73. The maximum Gasteiger partial charge on any atom is 0.269 e. The lowest BCUT2D eigenvalue weighted by atomic mass is 9.95. The molecular weight excluding hydrogens is 460 g/mol. The first-order chi connectivity index (χ1) is 16.0. The maximum absolute atomic E-state index is 11.8. The highest BCUT2D eigenvalue weighted by atomic mass is 16.7. The molecule has 2 heterocycles. The molecule has 1 amide bonds. The van der Waals surface area contributed by atoms with E-state index in [0.29, 0.717) is 0 Å². The van der Waals surface area contributed by atoms with Crippen molar-refractivity contribution in [1.82, 2.24) is 5.32 Å². The molecule has 0 bridgehead atoms. The van der Waals surface area contributed by atoms with Gasteiger partial charge in [0.05, 0.1) is 17.6 Å². The molecule has 14 nitrogen and oxygen atoms in total. The van der Waals surface area contributed by atoms with E-state index in [-0.39, 0.29) is 11.4 Å². The molecule has 0 aromatic heterocycles. The zero-order valence-corrected chi connectivity index (χ0v) is 18.3. The summed E-state index contributed by atoms with van der Waals surface area (Å²) in [5.74, 6) is -0.418. The van der Waals surface area contributed by atoms with Crippen LogP contribution in [0.4, 0.5) is 5.69 Å². The number of hydrogen-bond acceptors (Lipinski definition) is 12. The summed E-state index contributed by atoms with van der Waals surface area (Å²) in [6, 6.07) is 3.76. The second-order valence-corrected chi connectivity index (χ2v) is 8.09. The molecule has 34 heavy (non-hydrogen) atoms. The summed E-state index contributed by atoms with van der Waals surface area (Å²) in [5.41, 5.74) is -0.176. The molecule has 190 valence electrons. The number of aliphatic hydroxyl groups is 5. The van der Waals surface area contributed by atoms with E-state index < -0.39 is 78.8 Å². The van der Waals surface area contributed by atoms with Crippen molar-refractivity contribution in [3.63, 3.8) is 0 Å². The van der Waals surface area contributed by atoms with Crippen LogP contribution in [0.1, 0.15) is 13.8 Å². The molecule has 0 unspecified atom stereocenters. The molecule has 0 saturated carbocycles. The van der Waals surface area contributed by atoms with Gasteiger partial charge in [-0.15, -0.1) is 0 Å². The fourth-order valence-electron chi connectivity index (χ4n) is 3.79. The van der Waals surface area contributed by atoms with Gasteiger partial charge < -0.3 is 49.8 Å². The number of aliphatic hydroxyl groups excluding tert-OH is 5. The van der Waals surface area contributed by atoms with Crippen LogP contribution in [0.3, 0.4) is 0 Å². The van der Waals surface area contributed by atoms with Gasteiger partial charge in [0.15, 0.2) is 6.29 Å². The molecule has 1 aromatic carbocycles. The van der Waals surface area contributed by atoms with Gasteiger partial charge in [0.25, 0.3) is 5.69 Å². The Morgan fingerprint density at radius 3 is 2.26 bits per heavy atom. The van der Waals surface area contributed by atoms with Crippen molar-refractivity contribution in [3.05, 3.63) is 34.4 Å². The van der Waals surface area contributed by atoms with Crippen molar-refractivity contribution in [1.29, 1.82) is 0 Å². The van der Waals surface area contributed by atoms with E-state index in [9.17, 15) is 40.4 Å². The van der Waals surface area contributed by atoms with Gasteiger partial charge in [-0.05, 0) is 19.1 Å². The maximum atomic E-state index is 11.8. The molecule has 10 atom stereocenters. The molecule has 6 N–H and O–H groups in total. The highest BCUT2D eigenvalue weighted by Gasteiger charge is 2.51. The van der Waals surface area contributed by atoms with Gasteiger partial charge in [0.2, 0.25) is 12.2 Å². The summed E-state index contributed by atoms with van der Waals surface area (Å²) in [7, 11) is 0. The molecular formula is C20H28N2O12. The minimum atomic E-state index is -1.67. The van der Waals surface area contributed by atoms with E-state index >= 15 is 0 Å². The lowest BCUT2D eigenvalue weighted by Gasteiger charge is -2.46. The molecule has 2 fully saturated rings. The number of nitro groups is 1. The Morgan fingerprint density at radius 2 is 1.71 bits per heavy atom. The Labute approximate surface area is 193 Å². The number of nitro benzene ring substituents is 1. The molecule has 0 radical (unpaired) electrons. The lowest BCUT2D eigenvalue weighted by Crippen LogP contribution is -2.67. The Bertz CT molecular complexity index is 854. The predicted octanol–water partition coefficient (Wildman–Crippen LogP) is -2.23. The van der Waals surface area contributed by atoms with Crippen molar-refractivity contribution >= 4 is 11.6 Å². The van der Waals surface area contributed by atoms with E-state index in [1.807, 2.05) is 0 Å². The van der Waals surface area contributed by atoms with Gasteiger partial charge in [-0.2, -0.15) is 0 Å². The average Bonchev–Trinajstić information content (AvgIpc) is 2.79. The fraction of sp³-hybridized carbons (Fsp3) is 0.650. The molecule has 3 rings (SSSR count). The normalized spacial score (nSPS) is 38.2. The number of non-ortho nitro benzene ring substituents is 1. The first kappa shape index (κ1) is 26.2. The van der Waals surface area contributed by atoms with Crippen LogP contribution in [0.25, 0.3) is 0 Å². The van der Waals surface area contributed by atoms with Gasteiger partial charge in [-0.25, -0.2) is 0 Å². The first-order valence-corrected chi connectivity index (χ1v) is 10.5. The predicted molar refractivity (Wildman–Crippen MR) is 110 cm³/mol. The summed E-state index contributed by atoms with van der Waals surface area (Å²) in [4.78, 5) is 22.0. The van der Waals surface area contributed by atoms with Crippen LogP contribution >= 0.6 is 0 Å². The monoisotopic (exact) mass is 488 g/mol. The first-order valence-electron chi connectivity index (χ1n) is 10.5. The number of carbonyl (C=O) groups is 1. The largest absolute Gasteiger partial charge is 0.463 e. The quantitative estimate of drug-likeness (QED) is 0.178. The van der Waals surface area contributed by atoms with E-state index in [0.717, 1.165) is 0 Å². The van der Waals surface area contributed by atoms with Crippen molar-refractivity contribution in [2.45, 2.75) is 75.2 Å². The number of nitrogens with one attached hydrogen (secondary N) is 1. The summed E-state index contributed by atoms with van der Waals surface area (Å²) < 4.78 is 22.4. The van der Waals surface area contributed by atoms with E-state index in [2.05, 4.69) is 5.32 Å². The van der Waals surface area contributed by atoms with E-state index in [1.54, 1.807) is 0 Å². The van der Waals surface area contributed by atoms with Crippen LogP contribution in [0.2, 0.25) is 0 Å². The number of hydrogen-bond donors (Lipinski definition) is 6. The molecule has 14 heteroatoms. The minimum Gasteiger partial charge on any atom is -0.463 e. The topological polar surface area (TPSA) is 210 Å². The van der Waals surface area contributed by atoms with Crippen LogP contribution in [-0.2, 0) is 19.0 Å². The van der Waals surface area contributed by atoms with E-state index in [4.69, 9.17) is 18.9 Å². The number of benzene rings is 1. The average molecular weight is 488 g/mol. The third-order valence-corrected chi connectivity index (χ3v) is 5.62. The SMILES string of the molecule is CC(=O)N[C@H]1[C@H](Oc2ccc([N+](=O)[O-])cc2)O[C@H](CO)[C@@H](O[C@@H]2O[C@@H](C)[C@@H](O)[C@@H](O)[C@@H]2O)[C@@H]1O. The van der Waals surface area contributed by atoms with Crippen molar-refractivity contribution in [2.75, 3.05) is 6.61 Å². The van der Waals surface area contributed by atoms with E-state index in [1.165, 1.54) is 38.1 Å². The van der Waals surface area contributed by atoms with Gasteiger partial charge in [-0.1, -0.05) is 0 Å². The zero-order valence-electron chi connectivity index (χ0n) is 18.3. The fourth-order valence-corrected chi connectivity index (χ4v) is 3.79. The molecule has 1 aromatic rings. The molecule has 2 aliphatic rings. The summed E-state index contributed by atoms with van der Waals surface area (Å²) >= 11 is 0. The molecule has 0 spiro atoms. The highest BCUT2D eigenvalue weighted by Crippen LogP contribution is 2.30. The smallest absolute Gasteiger partial charge is 0.269 e. The zero-order chi connectivity index (χ0) is 25.2. The Morgan fingerprint density at radius 1 is 1.06 bits per heavy atom. The number of ether oxygens (including phenoxy) is 4. The Balaban J connectivity index is 1.80. The van der Waals surface area contributed by atoms with Gasteiger partial charge in [0.1, 0.15) is 48.4 Å². The van der Waals surface area contributed by atoms with Crippen molar-refractivity contribution < 1.29 is 54.2 Å². The Kier molecular flexibility index (Phi) is 8.38. The third-order valence-electron chi connectivity index (χ3n) is 5.62. The second-order valence-electron chi connectivity index (χ2n) is 8.09. The molecule has 2 aliphatic heterocycles. The summed E-state index contributed by atoms with van der Waals surface area (Å²) in [5, 5.41) is 64.3. The van der Waals surface area contributed by atoms with Crippen LogP contribution < -0.4 is 10.1 Å². The molecule has 2 saturated heterocycles. The number of nitrogens with zero attached hydrogens (tertiary/aromatic N) is 1. The van der Waals surface area contributed by atoms with Crippen LogP contribution in [0.5, 0.6) is 5.75 Å². The van der Waals surface area contributed by atoms with Crippen LogP contribution in [0.15, 0.2) is 24.3 Å². The van der Waals surface area contributed by atoms with Crippen LogP contribution in [-0.4, -0.2) is 104 Å². The van der Waals surface area contributed by atoms with Crippen molar-refractivity contribution in [3.8, 4) is 5.75 Å². The standard InChI is InChI=1S/C20H28N2O12/c1-8-14(25)16(27)17(28)20(31-8)34-18-12(7-23)33-19(13(15(18)26)21-9(2)24)32-11-5-3-10(4-6-11)22(29)30/h3-6,8,12-20,23,25-28H,7H2,1-2H3,(H,21,24)/t8-,12+,13+,14+,15+,16+,17-,18+,19+,20-/m0/s1. The van der Waals surface area contributed by atoms with Gasteiger partial charge >= 0.3 is 0 Å². The lowest BCUT2D eigenvalue weighted by molar-refractivity contribution is -0.384. The Hall–Kier alpha value is -2.43. The van der Waals surface area contributed by atoms with Gasteiger partial charge in [-0.3, -0.25) is 14.9 Å². The van der Waals surface area contributed by atoms with Crippen LogP contribution in [0, 0.1) is 10.1 Å². The third kappa shape index (κ3) is 5.61. The van der Waals surface area contributed by atoms with Gasteiger partial charge in [0, 0.05) is 19.1 Å². The number of rotatable bonds is 7. The molecule has 0 aliphatic carbocycles. The number of amides is 1.